The zero-order valence-electron chi connectivity index (χ0n) is 14.0. The molecule has 0 spiro atoms. The highest BCUT2D eigenvalue weighted by molar-refractivity contribution is 6.32. The molecule has 1 saturated heterocycles. The number of halogens is 1. The van der Waals surface area contributed by atoms with Gasteiger partial charge in [-0.2, -0.15) is 4.98 Å². The fourth-order valence-electron chi connectivity index (χ4n) is 2.85. The molecule has 3 heterocycles. The highest BCUT2D eigenvalue weighted by Gasteiger charge is 2.26. The molecule has 2 aromatic rings. The van der Waals surface area contributed by atoms with Crippen LogP contribution in [0.5, 0.6) is 6.01 Å². The van der Waals surface area contributed by atoms with E-state index in [1.165, 1.54) is 13.3 Å². The van der Waals surface area contributed by atoms with Crippen LogP contribution < -0.4 is 15.0 Å². The van der Waals surface area contributed by atoms with Crippen LogP contribution in [0.15, 0.2) is 30.7 Å². The number of carbonyl (C=O) groups is 1. The number of pyridine rings is 1. The molecule has 0 bridgehead atoms. The van der Waals surface area contributed by atoms with Crippen molar-refractivity contribution in [3.63, 3.8) is 0 Å². The van der Waals surface area contributed by atoms with E-state index in [1.807, 2.05) is 12.1 Å². The van der Waals surface area contributed by atoms with Crippen LogP contribution in [0.1, 0.15) is 18.4 Å². The normalized spacial score (nSPS) is 15.0. The number of nitrogens with one attached hydrogen (secondary N) is 1. The van der Waals surface area contributed by atoms with E-state index in [-0.39, 0.29) is 17.8 Å². The summed E-state index contributed by atoms with van der Waals surface area (Å²) in [4.78, 5) is 26.8. The van der Waals surface area contributed by atoms with Gasteiger partial charge in [-0.1, -0.05) is 17.7 Å². The summed E-state index contributed by atoms with van der Waals surface area (Å²) in [5.41, 5.74) is 0.994. The molecule has 25 heavy (non-hydrogen) atoms. The van der Waals surface area contributed by atoms with Crippen molar-refractivity contribution in [2.75, 3.05) is 25.1 Å². The molecule has 0 aromatic carbocycles. The lowest BCUT2D eigenvalue weighted by Gasteiger charge is -2.32. The van der Waals surface area contributed by atoms with Crippen LogP contribution in [-0.4, -0.2) is 41.1 Å². The van der Waals surface area contributed by atoms with Gasteiger partial charge < -0.3 is 15.0 Å². The number of amides is 1. The van der Waals surface area contributed by atoms with Gasteiger partial charge in [0.2, 0.25) is 5.91 Å². The van der Waals surface area contributed by atoms with Crippen molar-refractivity contribution in [2.24, 2.45) is 5.92 Å². The van der Waals surface area contributed by atoms with Gasteiger partial charge in [-0.25, -0.2) is 4.98 Å². The minimum absolute atomic E-state index is 0.00423. The molecular formula is C17H20ClN5O2. The standard InChI is InChI=1S/C17H20ClN5O2/c1-25-17-21-11-14(18)15(22-17)23-7-4-13(5-8-23)16(24)20-10-12-3-2-6-19-9-12/h2-3,6,9,11,13H,4-5,7-8,10H2,1H3,(H,20,24). The lowest BCUT2D eigenvalue weighted by molar-refractivity contribution is -0.125. The lowest BCUT2D eigenvalue weighted by Crippen LogP contribution is -2.40. The Morgan fingerprint density at radius 2 is 2.20 bits per heavy atom. The molecule has 1 amide bonds. The molecule has 8 heteroatoms. The average molecular weight is 362 g/mol. The maximum absolute atomic E-state index is 12.4. The number of nitrogens with zero attached hydrogens (tertiary/aromatic N) is 4. The highest BCUT2D eigenvalue weighted by Crippen LogP contribution is 2.28. The molecule has 7 nitrogen and oxygen atoms in total. The van der Waals surface area contributed by atoms with E-state index in [2.05, 4.69) is 25.2 Å². The van der Waals surface area contributed by atoms with Crippen LogP contribution >= 0.6 is 11.6 Å². The van der Waals surface area contributed by atoms with Crippen molar-refractivity contribution in [1.29, 1.82) is 0 Å². The first kappa shape index (κ1) is 17.4. The predicted octanol–water partition coefficient (Wildman–Crippen LogP) is 2.07. The predicted molar refractivity (Wildman–Crippen MR) is 94.6 cm³/mol. The van der Waals surface area contributed by atoms with E-state index in [0.29, 0.717) is 30.5 Å². The molecule has 1 fully saturated rings. The van der Waals surface area contributed by atoms with Crippen LogP contribution in [0.2, 0.25) is 5.02 Å². The number of anilines is 1. The lowest BCUT2D eigenvalue weighted by atomic mass is 9.96. The zero-order valence-corrected chi connectivity index (χ0v) is 14.7. The van der Waals surface area contributed by atoms with Crippen molar-refractivity contribution in [3.05, 3.63) is 41.3 Å². The number of aromatic nitrogens is 3. The van der Waals surface area contributed by atoms with Crippen LogP contribution in [0.25, 0.3) is 0 Å². The van der Waals surface area contributed by atoms with E-state index in [1.54, 1.807) is 12.4 Å². The molecule has 0 atom stereocenters. The van der Waals surface area contributed by atoms with Crippen LogP contribution in [0.4, 0.5) is 5.82 Å². The fraction of sp³-hybridized carbons (Fsp3) is 0.412. The Morgan fingerprint density at radius 1 is 1.40 bits per heavy atom. The van der Waals surface area contributed by atoms with E-state index in [0.717, 1.165) is 18.4 Å². The molecule has 0 radical (unpaired) electrons. The quantitative estimate of drug-likeness (QED) is 0.878. The van der Waals surface area contributed by atoms with Crippen molar-refractivity contribution >= 4 is 23.3 Å². The van der Waals surface area contributed by atoms with E-state index >= 15 is 0 Å². The third-order valence-electron chi connectivity index (χ3n) is 4.24. The molecule has 1 N–H and O–H groups in total. The molecule has 3 rings (SSSR count). The molecule has 1 aliphatic rings. The van der Waals surface area contributed by atoms with Crippen LogP contribution in [-0.2, 0) is 11.3 Å². The summed E-state index contributed by atoms with van der Waals surface area (Å²) in [5.74, 6) is 0.730. The summed E-state index contributed by atoms with van der Waals surface area (Å²) in [6, 6.07) is 4.09. The molecule has 132 valence electrons. The number of ether oxygens (including phenoxy) is 1. The third-order valence-corrected chi connectivity index (χ3v) is 4.51. The number of piperidine rings is 1. The molecule has 0 saturated carbocycles. The molecule has 0 unspecified atom stereocenters. The van der Waals surface area contributed by atoms with Gasteiger partial charge >= 0.3 is 6.01 Å². The Hall–Kier alpha value is -2.41. The van der Waals surface area contributed by atoms with Gasteiger partial charge in [-0.3, -0.25) is 9.78 Å². The monoisotopic (exact) mass is 361 g/mol. The average Bonchev–Trinajstić information content (AvgIpc) is 2.67. The van der Waals surface area contributed by atoms with Crippen LogP contribution in [0, 0.1) is 5.92 Å². The smallest absolute Gasteiger partial charge is 0.318 e. The third kappa shape index (κ3) is 4.36. The van der Waals surface area contributed by atoms with Crippen LogP contribution in [0.3, 0.4) is 0 Å². The summed E-state index contributed by atoms with van der Waals surface area (Å²) in [7, 11) is 1.52. The SMILES string of the molecule is COc1ncc(Cl)c(N2CCC(C(=O)NCc3cccnc3)CC2)n1. The Morgan fingerprint density at radius 3 is 2.88 bits per heavy atom. The van der Waals surface area contributed by atoms with E-state index in [4.69, 9.17) is 16.3 Å². The Labute approximate surface area is 151 Å². The number of hydrogen-bond acceptors (Lipinski definition) is 6. The second-order valence-electron chi connectivity index (χ2n) is 5.87. The summed E-state index contributed by atoms with van der Waals surface area (Å²) in [6.45, 7) is 1.93. The van der Waals surface area contributed by atoms with Crippen molar-refractivity contribution in [3.8, 4) is 6.01 Å². The maximum atomic E-state index is 12.4. The molecular weight excluding hydrogens is 342 g/mol. The maximum Gasteiger partial charge on any atom is 0.318 e. The first-order chi connectivity index (χ1) is 12.2. The summed E-state index contributed by atoms with van der Waals surface area (Å²) in [5, 5.41) is 3.47. The summed E-state index contributed by atoms with van der Waals surface area (Å²) < 4.78 is 5.06. The van der Waals surface area contributed by atoms with Gasteiger partial charge in [-0.05, 0) is 24.5 Å². The first-order valence-electron chi connectivity index (χ1n) is 8.15. The Balaban J connectivity index is 1.54. The first-order valence-corrected chi connectivity index (χ1v) is 8.53. The van der Waals surface area contributed by atoms with E-state index < -0.39 is 0 Å². The number of methoxy groups -OCH3 is 1. The van der Waals surface area contributed by atoms with Gasteiger partial charge in [0, 0.05) is 37.9 Å². The van der Waals surface area contributed by atoms with E-state index in [9.17, 15) is 4.79 Å². The van der Waals surface area contributed by atoms with Gasteiger partial charge in [0.25, 0.3) is 0 Å². The minimum Gasteiger partial charge on any atom is -0.467 e. The van der Waals surface area contributed by atoms with Crippen molar-refractivity contribution in [1.82, 2.24) is 20.3 Å². The van der Waals surface area contributed by atoms with Crippen molar-refractivity contribution < 1.29 is 9.53 Å². The zero-order chi connectivity index (χ0) is 17.6. The van der Waals surface area contributed by atoms with Crippen molar-refractivity contribution in [2.45, 2.75) is 19.4 Å². The largest absolute Gasteiger partial charge is 0.467 e. The van der Waals surface area contributed by atoms with Gasteiger partial charge in [0.1, 0.15) is 5.02 Å². The number of rotatable bonds is 5. The second-order valence-corrected chi connectivity index (χ2v) is 6.28. The van der Waals surface area contributed by atoms with Gasteiger partial charge in [-0.15, -0.1) is 0 Å². The Kier molecular flexibility index (Phi) is 5.65. The topological polar surface area (TPSA) is 80.2 Å². The van der Waals surface area contributed by atoms with Gasteiger partial charge in [0.05, 0.1) is 13.3 Å². The number of carbonyl (C=O) groups excluding carboxylic acids is 1. The highest BCUT2D eigenvalue weighted by atomic mass is 35.5. The minimum atomic E-state index is -0.00423. The molecule has 1 aliphatic heterocycles. The van der Waals surface area contributed by atoms with Gasteiger partial charge in [0.15, 0.2) is 5.82 Å². The fourth-order valence-corrected chi connectivity index (χ4v) is 3.06. The second kappa shape index (κ2) is 8.11. The summed E-state index contributed by atoms with van der Waals surface area (Å²) in [6.07, 6.45) is 6.51. The summed E-state index contributed by atoms with van der Waals surface area (Å²) >= 11 is 6.20. The molecule has 0 aliphatic carbocycles. The Bertz CT molecular complexity index is 720. The number of hydrogen-bond donors (Lipinski definition) is 1. The molecule has 2 aromatic heterocycles.